The molecule has 0 spiro atoms. The Morgan fingerprint density at radius 3 is 1.50 bits per heavy atom. The number of ether oxygens (including phenoxy) is 2. The summed E-state index contributed by atoms with van der Waals surface area (Å²) in [5.74, 6) is 0. The lowest BCUT2D eigenvalue weighted by Gasteiger charge is -1.98. The fourth-order valence-corrected chi connectivity index (χ4v) is 2.57. The molecule has 2 aromatic rings. The molecule has 0 saturated carbocycles. The van der Waals surface area contributed by atoms with Crippen LogP contribution >= 0.6 is 8.25 Å². The smallest absolute Gasteiger partial charge is 0.370 e. The molecule has 6 heteroatoms. The van der Waals surface area contributed by atoms with E-state index in [1.54, 1.807) is 0 Å². The molecule has 2 saturated heterocycles. The molecular weight excluding hydrogens is 327 g/mol. The summed E-state index contributed by atoms with van der Waals surface area (Å²) in [6.45, 7) is 2.13. The predicted octanol–water partition coefficient (Wildman–Crippen LogP) is 3.83. The van der Waals surface area contributed by atoms with Gasteiger partial charge in [-0.15, -0.1) is 9.05 Å². The van der Waals surface area contributed by atoms with Gasteiger partial charge in [-0.1, -0.05) is 60.7 Å². The van der Waals surface area contributed by atoms with Crippen LogP contribution < -0.4 is 0 Å². The second-order valence-electron chi connectivity index (χ2n) is 5.46. The van der Waals surface area contributed by atoms with Gasteiger partial charge >= 0.3 is 8.25 Å². The van der Waals surface area contributed by atoms with E-state index in [1.165, 1.54) is 11.1 Å². The van der Waals surface area contributed by atoms with E-state index in [-0.39, 0.29) is 12.2 Å². The number of epoxide rings is 2. The van der Waals surface area contributed by atoms with Crippen molar-refractivity contribution < 1.29 is 23.1 Å². The molecule has 2 aromatic carbocycles. The van der Waals surface area contributed by atoms with Crippen molar-refractivity contribution in [3.8, 4) is 11.1 Å². The summed E-state index contributed by atoms with van der Waals surface area (Å²) in [4.78, 5) is 0. The molecule has 2 atom stereocenters. The molecule has 0 bridgehead atoms. The molecule has 0 N–H and O–H groups in total. The van der Waals surface area contributed by atoms with Crippen LogP contribution in [-0.4, -0.2) is 38.6 Å². The van der Waals surface area contributed by atoms with Gasteiger partial charge in [-0.3, -0.25) is 0 Å². The van der Waals surface area contributed by atoms with Gasteiger partial charge in [0, 0.05) is 4.57 Å². The van der Waals surface area contributed by atoms with Crippen LogP contribution in [0.2, 0.25) is 0 Å². The Labute approximate surface area is 142 Å². The first kappa shape index (κ1) is 17.2. The molecule has 2 fully saturated rings. The van der Waals surface area contributed by atoms with Gasteiger partial charge in [-0.2, -0.15) is 0 Å². The van der Waals surface area contributed by atoms with Crippen LogP contribution in [0.3, 0.4) is 0 Å². The Morgan fingerprint density at radius 2 is 1.17 bits per heavy atom. The monoisotopic (exact) mass is 347 g/mol. The summed E-state index contributed by atoms with van der Waals surface area (Å²) < 4.78 is 30.3. The lowest BCUT2D eigenvalue weighted by atomic mass is 10.1. The van der Waals surface area contributed by atoms with E-state index < -0.39 is 8.25 Å². The van der Waals surface area contributed by atoms with Gasteiger partial charge in [0.1, 0.15) is 25.4 Å². The number of rotatable bonds is 7. The molecule has 0 aromatic heterocycles. The number of benzene rings is 2. The highest BCUT2D eigenvalue weighted by Gasteiger charge is 2.33. The Morgan fingerprint density at radius 1 is 0.792 bits per heavy atom. The fraction of sp³-hybridized carbons (Fsp3) is 0.333. The molecule has 0 radical (unpaired) electrons. The average molecular weight is 347 g/mol. The second kappa shape index (κ2) is 9.02. The Kier molecular flexibility index (Phi) is 6.47. The highest BCUT2D eigenvalue weighted by molar-refractivity contribution is 7.33. The average Bonchev–Trinajstić information content (AvgIpc) is 3.55. The van der Waals surface area contributed by atoms with E-state index >= 15 is 0 Å². The minimum Gasteiger partial charge on any atom is -0.370 e. The summed E-state index contributed by atoms with van der Waals surface area (Å²) in [5, 5.41) is 0. The Hall–Kier alpha value is -1.62. The van der Waals surface area contributed by atoms with Gasteiger partial charge in [0.25, 0.3) is 0 Å². The zero-order valence-electron chi connectivity index (χ0n) is 13.2. The van der Waals surface area contributed by atoms with E-state index in [4.69, 9.17) is 18.5 Å². The first-order valence-corrected chi connectivity index (χ1v) is 8.97. The van der Waals surface area contributed by atoms with E-state index in [2.05, 4.69) is 48.5 Å². The van der Waals surface area contributed by atoms with Gasteiger partial charge in [0.15, 0.2) is 0 Å². The van der Waals surface area contributed by atoms with Crippen LogP contribution in [0.1, 0.15) is 0 Å². The summed E-state index contributed by atoms with van der Waals surface area (Å²) in [5.41, 5.74) is 2.55. The Balaban J connectivity index is 0.000000141. The molecule has 0 amide bonds. The molecule has 0 aliphatic carbocycles. The first-order valence-electron chi connectivity index (χ1n) is 7.88. The van der Waals surface area contributed by atoms with E-state index in [0.717, 1.165) is 0 Å². The number of hydrogen-bond acceptors (Lipinski definition) is 5. The quantitative estimate of drug-likeness (QED) is 0.563. The molecule has 2 aliphatic rings. The van der Waals surface area contributed by atoms with Gasteiger partial charge in [0.05, 0.1) is 13.2 Å². The van der Waals surface area contributed by atoms with E-state index in [1.807, 2.05) is 12.1 Å². The van der Waals surface area contributed by atoms with Crippen molar-refractivity contribution in [1.82, 2.24) is 0 Å². The van der Waals surface area contributed by atoms with Gasteiger partial charge in [-0.25, -0.2) is 0 Å². The van der Waals surface area contributed by atoms with E-state index in [9.17, 15) is 4.57 Å². The molecule has 2 aliphatic heterocycles. The maximum Gasteiger partial charge on any atom is 0.697 e. The number of hydrogen-bond donors (Lipinski definition) is 0. The minimum atomic E-state index is -1.98. The predicted molar refractivity (Wildman–Crippen MR) is 90.9 cm³/mol. The van der Waals surface area contributed by atoms with Crippen molar-refractivity contribution in [2.45, 2.75) is 12.2 Å². The summed E-state index contributed by atoms with van der Waals surface area (Å²) in [6.07, 6.45) is 0.259. The van der Waals surface area contributed by atoms with Crippen molar-refractivity contribution >= 4 is 8.25 Å². The van der Waals surface area contributed by atoms with Gasteiger partial charge in [-0.05, 0) is 11.1 Å². The summed E-state index contributed by atoms with van der Waals surface area (Å²) >= 11 is 0. The highest BCUT2D eigenvalue weighted by atomic mass is 31.1. The standard InChI is InChI=1S/C12H10.C6H10O5P/c1-3-7-11(8-4-1)12-9-5-2-6-10-12;7-12(10-3-5-1-8-5)11-4-6-2-9-6/h1-10H;5-6H,1-4H2/q;+1. The first-order chi connectivity index (χ1) is 11.8. The maximum atomic E-state index is 10.9. The molecule has 5 nitrogen and oxygen atoms in total. The lowest BCUT2D eigenvalue weighted by molar-refractivity contribution is 0.194. The zero-order valence-corrected chi connectivity index (χ0v) is 14.1. The van der Waals surface area contributed by atoms with Crippen molar-refractivity contribution in [3.05, 3.63) is 60.7 Å². The molecule has 4 rings (SSSR count). The summed E-state index contributed by atoms with van der Waals surface area (Å²) in [6, 6.07) is 20.8. The molecule has 126 valence electrons. The maximum absolute atomic E-state index is 10.9. The zero-order chi connectivity index (χ0) is 16.6. The largest absolute Gasteiger partial charge is 0.697 e. The second-order valence-corrected chi connectivity index (χ2v) is 6.42. The molecule has 24 heavy (non-hydrogen) atoms. The van der Waals surface area contributed by atoms with Crippen LogP contribution in [-0.2, 0) is 23.1 Å². The minimum absolute atomic E-state index is 0.129. The summed E-state index contributed by atoms with van der Waals surface area (Å²) in [7, 11) is -1.98. The van der Waals surface area contributed by atoms with E-state index in [0.29, 0.717) is 26.4 Å². The normalized spacial score (nSPS) is 21.4. The highest BCUT2D eigenvalue weighted by Crippen LogP contribution is 2.27. The molecule has 2 heterocycles. The van der Waals surface area contributed by atoms with Gasteiger partial charge in [0.2, 0.25) is 0 Å². The van der Waals surface area contributed by atoms with Crippen molar-refractivity contribution in [3.63, 3.8) is 0 Å². The SMILES string of the molecule is O=[P+](OCC1CO1)OCC1CO1.c1ccc(-c2ccccc2)cc1. The third kappa shape index (κ3) is 6.48. The van der Waals surface area contributed by atoms with Crippen LogP contribution in [0.4, 0.5) is 0 Å². The third-order valence-corrected chi connectivity index (χ3v) is 4.14. The van der Waals surface area contributed by atoms with Crippen LogP contribution in [0, 0.1) is 0 Å². The van der Waals surface area contributed by atoms with Gasteiger partial charge < -0.3 is 9.47 Å². The van der Waals surface area contributed by atoms with Crippen LogP contribution in [0.25, 0.3) is 11.1 Å². The molecular formula is C18H20O5P+. The molecule has 2 unspecified atom stereocenters. The fourth-order valence-electron chi connectivity index (χ4n) is 1.91. The Bertz CT molecular complexity index is 571. The van der Waals surface area contributed by atoms with Crippen LogP contribution in [0.5, 0.6) is 0 Å². The van der Waals surface area contributed by atoms with Crippen molar-refractivity contribution in [1.29, 1.82) is 0 Å². The topological polar surface area (TPSA) is 60.6 Å². The van der Waals surface area contributed by atoms with Crippen molar-refractivity contribution in [2.24, 2.45) is 0 Å². The lowest BCUT2D eigenvalue weighted by Crippen LogP contribution is -1.99. The van der Waals surface area contributed by atoms with Crippen LogP contribution in [0.15, 0.2) is 60.7 Å². The van der Waals surface area contributed by atoms with Crippen molar-refractivity contribution in [2.75, 3.05) is 26.4 Å². The third-order valence-electron chi connectivity index (χ3n) is 3.42.